The summed E-state index contributed by atoms with van der Waals surface area (Å²) in [6, 6.07) is 11.9. The molecule has 2 aromatic rings. The van der Waals surface area contributed by atoms with Gasteiger partial charge in [-0.25, -0.2) is 0 Å². The third-order valence-corrected chi connectivity index (χ3v) is 4.08. The quantitative estimate of drug-likeness (QED) is 0.946. The first-order chi connectivity index (χ1) is 10.7. The highest BCUT2D eigenvalue weighted by molar-refractivity contribution is 5.95. The molecule has 0 unspecified atom stereocenters. The summed E-state index contributed by atoms with van der Waals surface area (Å²) in [5.74, 6) is 0.00559. The molecule has 1 N–H and O–H groups in total. The van der Waals surface area contributed by atoms with Crippen LogP contribution in [-0.4, -0.2) is 42.0 Å². The highest BCUT2D eigenvalue weighted by atomic mass is 16.1. The van der Waals surface area contributed by atoms with Crippen LogP contribution in [0.1, 0.15) is 23.2 Å². The summed E-state index contributed by atoms with van der Waals surface area (Å²) < 4.78 is 0. The maximum Gasteiger partial charge on any atom is 0.251 e. The van der Waals surface area contributed by atoms with Crippen LogP contribution in [0.3, 0.4) is 0 Å². The number of hydrogen-bond donors (Lipinski definition) is 1. The number of rotatable bonds is 3. The Kier molecular flexibility index (Phi) is 4.49. The first kappa shape index (κ1) is 14.7. The van der Waals surface area contributed by atoms with Crippen LogP contribution in [0.15, 0.2) is 48.8 Å². The largest absolute Gasteiger partial charge is 0.348 e. The lowest BCUT2D eigenvalue weighted by molar-refractivity contribution is 0.0912. The number of nitrogens with zero attached hydrogens (tertiary/aromatic N) is 2. The van der Waals surface area contributed by atoms with Crippen molar-refractivity contribution >= 4 is 5.91 Å². The summed E-state index contributed by atoms with van der Waals surface area (Å²) >= 11 is 0. The number of nitrogens with one attached hydrogen (secondary N) is 1. The van der Waals surface area contributed by atoms with Crippen LogP contribution in [0.5, 0.6) is 0 Å². The lowest BCUT2D eigenvalue weighted by Crippen LogP contribution is -2.46. The molecule has 0 radical (unpaired) electrons. The zero-order valence-corrected chi connectivity index (χ0v) is 12.8. The Morgan fingerprint density at radius 1 is 1.27 bits per heavy atom. The number of carbonyl (C=O) groups excluding carboxylic acids is 1. The maximum absolute atomic E-state index is 12.5. The van der Waals surface area contributed by atoms with Crippen molar-refractivity contribution in [1.29, 1.82) is 0 Å². The second kappa shape index (κ2) is 6.71. The monoisotopic (exact) mass is 295 g/mol. The first-order valence-electron chi connectivity index (χ1n) is 7.72. The molecule has 0 bridgehead atoms. The average Bonchev–Trinajstić information content (AvgIpc) is 2.56. The molecule has 4 heteroatoms. The van der Waals surface area contributed by atoms with Crippen molar-refractivity contribution in [2.75, 3.05) is 20.1 Å². The van der Waals surface area contributed by atoms with Crippen LogP contribution in [-0.2, 0) is 0 Å². The second-order valence-corrected chi connectivity index (χ2v) is 5.90. The van der Waals surface area contributed by atoms with Crippen LogP contribution >= 0.6 is 0 Å². The number of pyridine rings is 1. The zero-order valence-electron chi connectivity index (χ0n) is 12.8. The van der Waals surface area contributed by atoms with Gasteiger partial charge in [0.05, 0.1) is 0 Å². The van der Waals surface area contributed by atoms with E-state index in [-0.39, 0.29) is 11.9 Å². The number of likely N-dealkylation sites (N-methyl/N-ethyl adjacent to an activating group) is 1. The van der Waals surface area contributed by atoms with Gasteiger partial charge in [0, 0.05) is 36.1 Å². The topological polar surface area (TPSA) is 45.2 Å². The molecule has 1 aliphatic rings. The number of benzene rings is 1. The lowest BCUT2D eigenvalue weighted by Gasteiger charge is -2.30. The molecule has 1 aromatic carbocycles. The molecular formula is C18H21N3O. The Morgan fingerprint density at radius 3 is 2.91 bits per heavy atom. The fourth-order valence-electron chi connectivity index (χ4n) is 2.93. The van der Waals surface area contributed by atoms with Crippen LogP contribution in [0.2, 0.25) is 0 Å². The van der Waals surface area contributed by atoms with Crippen LogP contribution in [0.4, 0.5) is 0 Å². The van der Waals surface area contributed by atoms with Gasteiger partial charge in [0.25, 0.3) is 5.91 Å². The Labute approximate surface area is 131 Å². The molecule has 1 amide bonds. The van der Waals surface area contributed by atoms with Gasteiger partial charge in [0.2, 0.25) is 0 Å². The number of amides is 1. The summed E-state index contributed by atoms with van der Waals surface area (Å²) in [5.41, 5.74) is 2.74. The third-order valence-electron chi connectivity index (χ3n) is 4.08. The van der Waals surface area contributed by atoms with Gasteiger partial charge in [-0.3, -0.25) is 9.78 Å². The van der Waals surface area contributed by atoms with Gasteiger partial charge in [-0.15, -0.1) is 0 Å². The van der Waals surface area contributed by atoms with E-state index in [1.807, 2.05) is 42.6 Å². The maximum atomic E-state index is 12.5. The highest BCUT2D eigenvalue weighted by Gasteiger charge is 2.19. The standard InChI is InChI=1S/C18H21N3O/c1-21-10-4-8-17(13-21)20-18(22)15-6-2-5-14(11-15)16-7-3-9-19-12-16/h2-3,5-7,9,11-12,17H,4,8,10,13H2,1H3,(H,20,22)/t17-/m1/s1. The molecule has 1 fully saturated rings. The predicted octanol–water partition coefficient (Wildman–Crippen LogP) is 2.57. The summed E-state index contributed by atoms with van der Waals surface area (Å²) in [6.45, 7) is 2.04. The van der Waals surface area contributed by atoms with Crippen LogP contribution in [0, 0.1) is 0 Å². The van der Waals surface area contributed by atoms with Gasteiger partial charge >= 0.3 is 0 Å². The van der Waals surface area contributed by atoms with Crippen molar-refractivity contribution in [1.82, 2.24) is 15.2 Å². The smallest absolute Gasteiger partial charge is 0.251 e. The van der Waals surface area contributed by atoms with E-state index in [1.54, 1.807) is 6.20 Å². The molecule has 22 heavy (non-hydrogen) atoms. The van der Waals surface area contributed by atoms with Crippen molar-refractivity contribution in [3.05, 3.63) is 54.4 Å². The number of piperidine rings is 1. The summed E-state index contributed by atoms with van der Waals surface area (Å²) in [4.78, 5) is 18.9. The molecule has 0 saturated carbocycles. The van der Waals surface area contributed by atoms with E-state index >= 15 is 0 Å². The van der Waals surface area contributed by atoms with Crippen molar-refractivity contribution in [3.8, 4) is 11.1 Å². The van der Waals surface area contributed by atoms with E-state index in [0.29, 0.717) is 5.56 Å². The zero-order chi connectivity index (χ0) is 15.4. The van der Waals surface area contributed by atoms with E-state index in [2.05, 4.69) is 22.2 Å². The predicted molar refractivity (Wildman–Crippen MR) is 87.7 cm³/mol. The highest BCUT2D eigenvalue weighted by Crippen LogP contribution is 2.19. The van der Waals surface area contributed by atoms with Gasteiger partial charge in [-0.2, -0.15) is 0 Å². The molecule has 4 nitrogen and oxygen atoms in total. The third kappa shape index (κ3) is 3.52. The SMILES string of the molecule is CN1CCC[C@@H](NC(=O)c2cccc(-c3cccnc3)c2)C1. The Balaban J connectivity index is 1.73. The minimum absolute atomic E-state index is 0.00559. The molecule has 3 rings (SSSR count). The number of aromatic nitrogens is 1. The summed E-state index contributed by atoms with van der Waals surface area (Å²) in [5, 5.41) is 3.15. The van der Waals surface area contributed by atoms with Gasteiger partial charge in [-0.1, -0.05) is 18.2 Å². The average molecular weight is 295 g/mol. The Morgan fingerprint density at radius 2 is 2.14 bits per heavy atom. The second-order valence-electron chi connectivity index (χ2n) is 5.90. The first-order valence-corrected chi connectivity index (χ1v) is 7.72. The molecule has 2 heterocycles. The Bertz CT molecular complexity index is 642. The molecule has 0 spiro atoms. The van der Waals surface area contributed by atoms with Crippen LogP contribution < -0.4 is 5.32 Å². The molecule has 1 aromatic heterocycles. The summed E-state index contributed by atoms with van der Waals surface area (Å²) in [7, 11) is 2.10. The minimum Gasteiger partial charge on any atom is -0.348 e. The van der Waals surface area contributed by atoms with Gasteiger partial charge in [-0.05, 0) is 50.2 Å². The fraction of sp³-hybridized carbons (Fsp3) is 0.333. The molecule has 1 saturated heterocycles. The van der Waals surface area contributed by atoms with Gasteiger partial charge in [0.1, 0.15) is 0 Å². The molecule has 0 aliphatic carbocycles. The minimum atomic E-state index is 0.00559. The van der Waals surface area contributed by atoms with Crippen molar-refractivity contribution in [2.24, 2.45) is 0 Å². The normalized spacial score (nSPS) is 18.9. The van der Waals surface area contributed by atoms with E-state index in [4.69, 9.17) is 0 Å². The molecule has 1 aliphatic heterocycles. The van der Waals surface area contributed by atoms with Crippen molar-refractivity contribution in [2.45, 2.75) is 18.9 Å². The molecular weight excluding hydrogens is 274 g/mol. The number of carbonyl (C=O) groups is 1. The van der Waals surface area contributed by atoms with E-state index in [0.717, 1.165) is 37.1 Å². The summed E-state index contributed by atoms with van der Waals surface area (Å²) in [6.07, 6.45) is 5.75. The van der Waals surface area contributed by atoms with Gasteiger partial charge in [0.15, 0.2) is 0 Å². The van der Waals surface area contributed by atoms with Crippen molar-refractivity contribution < 1.29 is 4.79 Å². The van der Waals surface area contributed by atoms with Gasteiger partial charge < -0.3 is 10.2 Å². The fourth-order valence-corrected chi connectivity index (χ4v) is 2.93. The molecule has 114 valence electrons. The van der Waals surface area contributed by atoms with E-state index < -0.39 is 0 Å². The Hall–Kier alpha value is -2.20. The van der Waals surface area contributed by atoms with E-state index in [9.17, 15) is 4.79 Å². The van der Waals surface area contributed by atoms with Crippen molar-refractivity contribution in [3.63, 3.8) is 0 Å². The lowest BCUT2D eigenvalue weighted by atomic mass is 10.0. The number of hydrogen-bond acceptors (Lipinski definition) is 3. The number of likely N-dealkylation sites (tertiary alicyclic amines) is 1. The van der Waals surface area contributed by atoms with E-state index in [1.165, 1.54) is 0 Å². The van der Waals surface area contributed by atoms with Crippen LogP contribution in [0.25, 0.3) is 11.1 Å². The molecule has 1 atom stereocenters.